The number of thioether (sulfide) groups is 2. The lowest BCUT2D eigenvalue weighted by atomic mass is 10.1. The monoisotopic (exact) mass is 664 g/mol. The summed E-state index contributed by atoms with van der Waals surface area (Å²) in [4.78, 5) is 29.9. The Morgan fingerprint density at radius 1 is 0.479 bits per heavy atom. The maximum absolute atomic E-state index is 14.1. The van der Waals surface area contributed by atoms with Crippen molar-refractivity contribution in [1.82, 2.24) is 0 Å². The zero-order chi connectivity index (χ0) is 33.0. The van der Waals surface area contributed by atoms with Gasteiger partial charge in [0.05, 0.1) is 11.4 Å². The van der Waals surface area contributed by atoms with E-state index in [1.54, 1.807) is 18.2 Å². The van der Waals surface area contributed by atoms with Crippen molar-refractivity contribution in [3.8, 4) is 0 Å². The van der Waals surface area contributed by atoms with Gasteiger partial charge in [0.2, 0.25) is 11.8 Å². The van der Waals surface area contributed by atoms with Gasteiger partial charge in [-0.05, 0) is 65.7 Å². The predicted molar refractivity (Wildman–Crippen MR) is 197 cm³/mol. The molecule has 236 valence electrons. The number of hydrogen-bond donors (Lipinski definition) is 2. The third-order valence-electron chi connectivity index (χ3n) is 7.23. The molecule has 0 saturated carbocycles. The molecule has 0 radical (unpaired) electrons. The number of benzene rings is 6. The quantitative estimate of drug-likeness (QED) is 0.101. The molecule has 0 bridgehead atoms. The van der Waals surface area contributed by atoms with E-state index in [0.29, 0.717) is 22.7 Å². The zero-order valence-corrected chi connectivity index (χ0v) is 27.5. The Labute approximate surface area is 288 Å². The summed E-state index contributed by atoms with van der Waals surface area (Å²) >= 11 is 2.94. The van der Waals surface area contributed by atoms with Gasteiger partial charge in [-0.2, -0.15) is 5.11 Å². The molecule has 8 heteroatoms. The van der Waals surface area contributed by atoms with Gasteiger partial charge in [-0.15, -0.1) is 28.6 Å². The summed E-state index contributed by atoms with van der Waals surface area (Å²) in [5.41, 5.74) is 3.84. The Morgan fingerprint density at radius 2 is 0.917 bits per heavy atom. The van der Waals surface area contributed by atoms with E-state index in [1.807, 2.05) is 152 Å². The molecular weight excluding hydrogens is 633 g/mol. The number of rotatable bonds is 12. The molecule has 0 fully saturated rings. The summed E-state index contributed by atoms with van der Waals surface area (Å²) < 4.78 is 0. The second kappa shape index (κ2) is 16.4. The van der Waals surface area contributed by atoms with E-state index in [1.165, 1.54) is 23.5 Å². The Kier molecular flexibility index (Phi) is 11.1. The van der Waals surface area contributed by atoms with Gasteiger partial charge in [-0.3, -0.25) is 9.59 Å². The van der Waals surface area contributed by atoms with Gasteiger partial charge in [-0.1, -0.05) is 115 Å². The molecule has 6 aromatic rings. The smallest absolute Gasteiger partial charge is 0.242 e. The lowest BCUT2D eigenvalue weighted by molar-refractivity contribution is -0.116. The number of carbonyl (C=O) groups excluding carboxylic acids is 2. The van der Waals surface area contributed by atoms with Crippen LogP contribution < -0.4 is 10.6 Å². The van der Waals surface area contributed by atoms with E-state index >= 15 is 0 Å². The minimum atomic E-state index is -0.546. The van der Waals surface area contributed by atoms with Crippen molar-refractivity contribution in [1.29, 1.82) is 0 Å². The minimum absolute atomic E-state index is 0.187. The van der Waals surface area contributed by atoms with E-state index in [9.17, 15) is 9.59 Å². The summed E-state index contributed by atoms with van der Waals surface area (Å²) in [6.45, 7) is 0. The van der Waals surface area contributed by atoms with Crippen LogP contribution in [0.15, 0.2) is 190 Å². The Morgan fingerprint density at radius 3 is 1.42 bits per heavy atom. The highest BCUT2D eigenvalue weighted by molar-refractivity contribution is 8.00. The average molecular weight is 665 g/mol. The molecule has 6 rings (SSSR count). The minimum Gasteiger partial charge on any atom is -0.325 e. The van der Waals surface area contributed by atoms with Gasteiger partial charge >= 0.3 is 0 Å². The standard InChI is InChI=1S/C40H32N4O2S2/c45-39(37(29-16-6-1-7-17-29)47-33-22-12-4-13-23-33)41-32-26-27-35(44-43-31-20-10-3-11-21-31)36(28-32)42-40(46)38(30-18-8-2-9-19-30)48-34-24-14-5-15-25-34/h1-28,37-38H,(H,41,45)(H,42,46). The van der Waals surface area contributed by atoms with Gasteiger partial charge < -0.3 is 10.6 Å². The SMILES string of the molecule is O=C(Nc1ccc(N=Nc2ccccc2)c(NC(=O)C(Sc2ccccc2)c2ccccc2)c1)C(Sc1ccccc1)c1ccccc1. The van der Waals surface area contributed by atoms with E-state index in [2.05, 4.69) is 20.9 Å². The van der Waals surface area contributed by atoms with Crippen LogP contribution in [0.3, 0.4) is 0 Å². The molecule has 0 saturated heterocycles. The molecular formula is C40H32N4O2S2. The van der Waals surface area contributed by atoms with Gasteiger partial charge in [0.1, 0.15) is 16.2 Å². The van der Waals surface area contributed by atoms with Gasteiger partial charge in [-0.25, -0.2) is 0 Å². The Bertz CT molecular complexity index is 1960. The summed E-state index contributed by atoms with van der Waals surface area (Å²) in [7, 11) is 0. The number of azo groups is 1. The fourth-order valence-electron chi connectivity index (χ4n) is 4.89. The number of carbonyl (C=O) groups is 2. The molecule has 6 aromatic carbocycles. The number of nitrogens with one attached hydrogen (secondary N) is 2. The van der Waals surface area contributed by atoms with E-state index in [4.69, 9.17) is 0 Å². The van der Waals surface area contributed by atoms with Crippen molar-refractivity contribution in [2.45, 2.75) is 20.3 Å². The molecule has 0 heterocycles. The lowest BCUT2D eigenvalue weighted by Gasteiger charge is -2.19. The highest BCUT2D eigenvalue weighted by atomic mass is 32.2. The average Bonchev–Trinajstić information content (AvgIpc) is 3.14. The van der Waals surface area contributed by atoms with Crippen LogP contribution in [0.2, 0.25) is 0 Å². The number of hydrogen-bond acceptors (Lipinski definition) is 6. The maximum Gasteiger partial charge on any atom is 0.242 e. The van der Waals surface area contributed by atoms with Crippen LogP contribution in [0.1, 0.15) is 21.6 Å². The third kappa shape index (κ3) is 8.88. The van der Waals surface area contributed by atoms with Crippen molar-refractivity contribution in [3.63, 3.8) is 0 Å². The van der Waals surface area contributed by atoms with Gasteiger partial charge in [0, 0.05) is 15.5 Å². The highest BCUT2D eigenvalue weighted by Gasteiger charge is 2.25. The summed E-state index contributed by atoms with van der Waals surface area (Å²) in [5.74, 6) is -0.413. The number of anilines is 2. The van der Waals surface area contributed by atoms with Crippen LogP contribution in [-0.2, 0) is 9.59 Å². The van der Waals surface area contributed by atoms with Crippen LogP contribution in [0, 0.1) is 0 Å². The van der Waals surface area contributed by atoms with Crippen LogP contribution >= 0.6 is 23.5 Å². The molecule has 0 aliphatic carbocycles. The molecule has 48 heavy (non-hydrogen) atoms. The molecule has 0 aromatic heterocycles. The second-order valence-corrected chi connectivity index (χ2v) is 13.0. The lowest BCUT2D eigenvalue weighted by Crippen LogP contribution is -2.20. The van der Waals surface area contributed by atoms with Crippen LogP contribution in [0.5, 0.6) is 0 Å². The molecule has 2 amide bonds. The van der Waals surface area contributed by atoms with Gasteiger partial charge in [0.25, 0.3) is 0 Å². The van der Waals surface area contributed by atoms with E-state index < -0.39 is 10.5 Å². The summed E-state index contributed by atoms with van der Waals surface area (Å²) in [6.07, 6.45) is 0. The van der Waals surface area contributed by atoms with Crippen molar-refractivity contribution >= 4 is 58.1 Å². The Balaban J connectivity index is 1.31. The van der Waals surface area contributed by atoms with E-state index in [-0.39, 0.29) is 11.8 Å². The topological polar surface area (TPSA) is 82.9 Å². The first kappa shape index (κ1) is 32.5. The molecule has 2 atom stereocenters. The van der Waals surface area contributed by atoms with Crippen molar-refractivity contribution in [2.75, 3.05) is 10.6 Å². The van der Waals surface area contributed by atoms with Crippen molar-refractivity contribution in [3.05, 3.63) is 181 Å². The molecule has 6 nitrogen and oxygen atoms in total. The summed E-state index contributed by atoms with van der Waals surface area (Å²) in [6, 6.07) is 53.7. The second-order valence-electron chi connectivity index (χ2n) is 10.7. The van der Waals surface area contributed by atoms with Crippen LogP contribution in [0.4, 0.5) is 22.7 Å². The summed E-state index contributed by atoms with van der Waals surface area (Å²) in [5, 5.41) is 14.0. The van der Waals surface area contributed by atoms with Crippen molar-refractivity contribution in [2.24, 2.45) is 10.2 Å². The maximum atomic E-state index is 14.1. The number of nitrogens with zero attached hydrogens (tertiary/aromatic N) is 2. The fraction of sp³-hybridized carbons (Fsp3) is 0.0500. The van der Waals surface area contributed by atoms with Gasteiger partial charge in [0.15, 0.2) is 0 Å². The largest absolute Gasteiger partial charge is 0.325 e. The van der Waals surface area contributed by atoms with Crippen molar-refractivity contribution < 1.29 is 9.59 Å². The molecule has 2 N–H and O–H groups in total. The van der Waals surface area contributed by atoms with E-state index in [0.717, 1.165) is 20.9 Å². The molecule has 0 aliphatic heterocycles. The normalized spacial score (nSPS) is 12.2. The predicted octanol–water partition coefficient (Wildman–Crippen LogP) is 11.0. The first-order valence-electron chi connectivity index (χ1n) is 15.4. The number of amides is 2. The molecule has 2 unspecified atom stereocenters. The Hall–Kier alpha value is -5.44. The first-order chi connectivity index (χ1) is 23.6. The molecule has 0 aliphatic rings. The first-order valence-corrected chi connectivity index (χ1v) is 17.1. The molecule has 0 spiro atoms. The van der Waals surface area contributed by atoms with Crippen LogP contribution in [0.25, 0.3) is 0 Å². The third-order valence-corrected chi connectivity index (χ3v) is 9.76. The highest BCUT2D eigenvalue weighted by Crippen LogP contribution is 2.39. The van der Waals surface area contributed by atoms with Crippen LogP contribution in [-0.4, -0.2) is 11.8 Å². The fourth-order valence-corrected chi connectivity index (χ4v) is 6.98. The zero-order valence-electron chi connectivity index (χ0n) is 25.8.